The Labute approximate surface area is 217 Å². The molecule has 2 amide bonds. The number of likely N-dealkylation sites (N-methyl/N-ethyl adjacent to an activating group) is 1. The summed E-state index contributed by atoms with van der Waals surface area (Å²) in [5.74, 6) is -0.397. The van der Waals surface area contributed by atoms with Gasteiger partial charge < -0.3 is 19.9 Å². The van der Waals surface area contributed by atoms with Gasteiger partial charge in [-0.15, -0.1) is 0 Å². The van der Waals surface area contributed by atoms with Crippen LogP contribution in [0.25, 0.3) is 26.4 Å². The summed E-state index contributed by atoms with van der Waals surface area (Å²) in [4.78, 5) is 34.3. The number of piperidine rings is 1. The van der Waals surface area contributed by atoms with Crippen LogP contribution in [0.3, 0.4) is 0 Å². The van der Waals surface area contributed by atoms with Gasteiger partial charge in [-0.3, -0.25) is 9.20 Å². The summed E-state index contributed by atoms with van der Waals surface area (Å²) in [5, 5.41) is 3.15. The lowest BCUT2D eigenvalue weighted by molar-refractivity contribution is 0.0912. The number of thiazole rings is 1. The molecule has 4 heterocycles. The summed E-state index contributed by atoms with van der Waals surface area (Å²) in [7, 11) is 2.07. The molecule has 4 aromatic rings. The quantitative estimate of drug-likeness (QED) is 0.418. The van der Waals surface area contributed by atoms with Gasteiger partial charge in [-0.1, -0.05) is 11.3 Å². The second-order valence-electron chi connectivity index (χ2n) is 9.84. The number of nitrogens with one attached hydrogen (secondary N) is 1. The average molecular weight is 522 g/mol. The summed E-state index contributed by atoms with van der Waals surface area (Å²) in [6.07, 6.45) is 5.34. The van der Waals surface area contributed by atoms with Gasteiger partial charge in [0.25, 0.3) is 5.91 Å². The number of ether oxygens (including phenoxy) is 1. The molecule has 6 rings (SSSR count). The molecule has 2 aromatic heterocycles. The first-order chi connectivity index (χ1) is 17.9. The lowest BCUT2D eigenvalue weighted by atomic mass is 10.1. The highest BCUT2D eigenvalue weighted by Gasteiger charge is 2.22. The molecule has 2 aliphatic heterocycles. The number of carbonyl (C=O) groups excluding carboxylic acids is 2. The number of fused-ring (bicyclic) bond motifs is 3. The molecule has 0 aliphatic carbocycles. The molecule has 1 atom stereocenters. The topological polar surface area (TPSA) is 79.2 Å². The van der Waals surface area contributed by atoms with Crippen LogP contribution in [0.5, 0.6) is 5.75 Å². The first-order valence-corrected chi connectivity index (χ1v) is 13.4. The summed E-state index contributed by atoms with van der Waals surface area (Å²) >= 11 is 1.45. The molecule has 8 nitrogen and oxygen atoms in total. The Bertz CT molecular complexity index is 1490. The third-order valence-corrected chi connectivity index (χ3v) is 8.12. The number of aromatic nitrogens is 2. The van der Waals surface area contributed by atoms with E-state index in [0.29, 0.717) is 34.9 Å². The Morgan fingerprint density at radius 1 is 1.11 bits per heavy atom. The lowest BCUT2D eigenvalue weighted by Crippen LogP contribution is -2.46. The van der Waals surface area contributed by atoms with Crippen molar-refractivity contribution in [2.24, 2.45) is 0 Å². The molecule has 2 aromatic carbocycles. The van der Waals surface area contributed by atoms with Gasteiger partial charge in [-0.2, -0.15) is 0 Å². The molecule has 10 heteroatoms. The van der Waals surface area contributed by atoms with E-state index < -0.39 is 11.9 Å². The number of hydrogen-bond acceptors (Lipinski definition) is 6. The van der Waals surface area contributed by atoms with Gasteiger partial charge >= 0.3 is 6.09 Å². The van der Waals surface area contributed by atoms with E-state index in [1.165, 1.54) is 17.4 Å². The van der Waals surface area contributed by atoms with E-state index in [0.717, 1.165) is 49.0 Å². The maximum Gasteiger partial charge on any atom is 0.415 e. The second-order valence-corrected chi connectivity index (χ2v) is 10.9. The first kappa shape index (κ1) is 23.9. The Hall–Kier alpha value is -3.50. The molecule has 0 unspecified atom stereocenters. The number of nitrogens with zero attached hydrogens (tertiary/aromatic N) is 4. The van der Waals surface area contributed by atoms with Crippen molar-refractivity contribution in [3.63, 3.8) is 0 Å². The fourth-order valence-electron chi connectivity index (χ4n) is 5.16. The SMILES string of the molecule is CN1CCC[C@@H](NC(=O)c2ccc3c(c2)sc2nc(-c4ccc(OC(=O)N5CCCC5)cc4F)cn23)C1. The van der Waals surface area contributed by atoms with Gasteiger partial charge in [-0.05, 0) is 69.6 Å². The van der Waals surface area contributed by atoms with E-state index in [1.807, 2.05) is 22.6 Å². The van der Waals surface area contributed by atoms with Crippen molar-refractivity contribution >= 4 is 38.5 Å². The summed E-state index contributed by atoms with van der Waals surface area (Å²) in [6.45, 7) is 3.27. The summed E-state index contributed by atoms with van der Waals surface area (Å²) in [6, 6.07) is 10.2. The molecule has 0 bridgehead atoms. The highest BCUT2D eigenvalue weighted by molar-refractivity contribution is 7.23. The van der Waals surface area contributed by atoms with Crippen LogP contribution < -0.4 is 10.1 Å². The van der Waals surface area contributed by atoms with E-state index in [9.17, 15) is 14.0 Å². The number of imidazole rings is 1. The molecule has 2 fully saturated rings. The van der Waals surface area contributed by atoms with Crippen molar-refractivity contribution in [3.8, 4) is 17.0 Å². The van der Waals surface area contributed by atoms with Crippen LogP contribution >= 0.6 is 11.3 Å². The average Bonchev–Trinajstić information content (AvgIpc) is 3.61. The van der Waals surface area contributed by atoms with Gasteiger partial charge in [0.05, 0.1) is 15.9 Å². The van der Waals surface area contributed by atoms with Crippen LogP contribution in [0.4, 0.5) is 9.18 Å². The molecule has 37 heavy (non-hydrogen) atoms. The number of benzene rings is 2. The highest BCUT2D eigenvalue weighted by atomic mass is 32.1. The maximum absolute atomic E-state index is 15.0. The smallest absolute Gasteiger partial charge is 0.410 e. The van der Waals surface area contributed by atoms with Crippen LogP contribution in [-0.2, 0) is 0 Å². The van der Waals surface area contributed by atoms with E-state index in [1.54, 1.807) is 23.2 Å². The molecule has 192 valence electrons. The molecule has 2 saturated heterocycles. The minimum Gasteiger partial charge on any atom is -0.410 e. The Morgan fingerprint density at radius 2 is 1.95 bits per heavy atom. The largest absolute Gasteiger partial charge is 0.415 e. The minimum atomic E-state index is -0.505. The van der Waals surface area contributed by atoms with E-state index in [4.69, 9.17) is 4.74 Å². The number of hydrogen-bond donors (Lipinski definition) is 1. The van der Waals surface area contributed by atoms with Crippen LogP contribution in [0.2, 0.25) is 0 Å². The van der Waals surface area contributed by atoms with Gasteiger partial charge in [0.2, 0.25) is 0 Å². The Morgan fingerprint density at radius 3 is 2.73 bits per heavy atom. The van der Waals surface area contributed by atoms with Crippen LogP contribution in [-0.4, -0.2) is 70.5 Å². The number of likely N-dealkylation sites (tertiary alicyclic amines) is 2. The van der Waals surface area contributed by atoms with Gasteiger partial charge in [0.1, 0.15) is 11.6 Å². The van der Waals surface area contributed by atoms with Crippen molar-refractivity contribution in [2.45, 2.75) is 31.7 Å². The van der Waals surface area contributed by atoms with Gasteiger partial charge in [-0.25, -0.2) is 14.2 Å². The number of carbonyl (C=O) groups is 2. The summed E-state index contributed by atoms with van der Waals surface area (Å²) in [5.41, 5.74) is 2.35. The van der Waals surface area contributed by atoms with Crippen molar-refractivity contribution < 1.29 is 18.7 Å². The lowest BCUT2D eigenvalue weighted by Gasteiger charge is -2.30. The van der Waals surface area contributed by atoms with E-state index >= 15 is 0 Å². The third-order valence-electron chi connectivity index (χ3n) is 7.10. The van der Waals surface area contributed by atoms with Crippen LogP contribution in [0.15, 0.2) is 42.6 Å². The molecule has 0 saturated carbocycles. The number of halogens is 1. The molecular weight excluding hydrogens is 493 g/mol. The van der Waals surface area contributed by atoms with Gasteiger partial charge in [0.15, 0.2) is 4.96 Å². The maximum atomic E-state index is 15.0. The van der Waals surface area contributed by atoms with Crippen LogP contribution in [0.1, 0.15) is 36.0 Å². The zero-order chi connectivity index (χ0) is 25.5. The van der Waals surface area contributed by atoms with Crippen molar-refractivity contribution in [3.05, 3.63) is 54.0 Å². The fourth-order valence-corrected chi connectivity index (χ4v) is 6.20. The summed E-state index contributed by atoms with van der Waals surface area (Å²) < 4.78 is 23.2. The van der Waals surface area contributed by atoms with E-state index in [2.05, 4.69) is 22.2 Å². The zero-order valence-corrected chi connectivity index (χ0v) is 21.4. The Balaban J connectivity index is 1.20. The minimum absolute atomic E-state index is 0.0680. The van der Waals surface area contributed by atoms with Crippen molar-refractivity contribution in [1.29, 1.82) is 0 Å². The van der Waals surface area contributed by atoms with Crippen molar-refractivity contribution in [2.75, 3.05) is 33.2 Å². The van der Waals surface area contributed by atoms with Crippen molar-refractivity contribution in [1.82, 2.24) is 24.5 Å². The molecule has 2 aliphatic rings. The zero-order valence-electron chi connectivity index (χ0n) is 20.6. The highest BCUT2D eigenvalue weighted by Crippen LogP contribution is 2.32. The normalized spacial score (nSPS) is 18.5. The molecule has 1 N–H and O–H groups in total. The second kappa shape index (κ2) is 9.75. The number of rotatable bonds is 4. The molecular formula is C27H28FN5O3S. The predicted molar refractivity (Wildman–Crippen MR) is 141 cm³/mol. The Kier molecular flexibility index (Phi) is 6.29. The van der Waals surface area contributed by atoms with E-state index in [-0.39, 0.29) is 17.7 Å². The van der Waals surface area contributed by atoms with Gasteiger partial charge in [0, 0.05) is 49.1 Å². The van der Waals surface area contributed by atoms with Crippen LogP contribution in [0, 0.1) is 5.82 Å². The standard InChI is InChI=1S/C27H28FN5O3S/c1-31-10-4-5-18(15-31)29-25(34)17-6-9-23-24(13-17)37-26-30-22(16-33(23)26)20-8-7-19(14-21(20)28)36-27(35)32-11-2-3-12-32/h6-9,13-14,16,18H,2-5,10-12,15H2,1H3,(H,29,34)/t18-/m1/s1. The number of amides is 2. The predicted octanol–water partition coefficient (Wildman–Crippen LogP) is 4.77. The monoisotopic (exact) mass is 521 g/mol. The first-order valence-electron chi connectivity index (χ1n) is 12.6. The third kappa shape index (κ3) is 4.78. The molecule has 0 radical (unpaired) electrons. The molecule has 0 spiro atoms. The fraction of sp³-hybridized carbons (Fsp3) is 0.370.